The average molecular weight is 206 g/mol. The van der Waals surface area contributed by atoms with Crippen molar-refractivity contribution in [3.8, 4) is 0 Å². The van der Waals surface area contributed by atoms with E-state index in [2.05, 4.69) is 4.90 Å². The van der Waals surface area contributed by atoms with E-state index >= 15 is 0 Å². The fourth-order valence-corrected chi connectivity index (χ4v) is 2.36. The lowest BCUT2D eigenvalue weighted by atomic mass is 10.4. The summed E-state index contributed by atoms with van der Waals surface area (Å²) in [5, 5.41) is 0. The van der Waals surface area contributed by atoms with Crippen LogP contribution in [0.2, 0.25) is 0 Å². The summed E-state index contributed by atoms with van der Waals surface area (Å²) in [4.78, 5) is 12.2. The van der Waals surface area contributed by atoms with Crippen molar-refractivity contribution >= 4 is 16.3 Å². The summed E-state index contributed by atoms with van der Waals surface area (Å²) >= 11 is 0. The maximum Gasteiger partial charge on any atom is 0.221 e. The minimum Gasteiger partial charge on any atom is -0.304 e. The van der Waals surface area contributed by atoms with Gasteiger partial charge in [0.2, 0.25) is 10.0 Å². The zero-order valence-electron chi connectivity index (χ0n) is 7.64. The minimum absolute atomic E-state index is 0.392. The summed E-state index contributed by atoms with van der Waals surface area (Å²) < 4.78 is 24.1. The lowest BCUT2D eigenvalue weighted by Crippen LogP contribution is -2.47. The molecule has 0 aromatic carbocycles. The summed E-state index contributed by atoms with van der Waals surface area (Å²) in [6, 6.07) is 0. The van der Waals surface area contributed by atoms with Crippen molar-refractivity contribution in [2.45, 2.75) is 0 Å². The number of hydrogen-bond donors (Lipinski definition) is 0. The van der Waals surface area contributed by atoms with E-state index in [-0.39, 0.29) is 0 Å². The molecule has 76 valence electrons. The van der Waals surface area contributed by atoms with Gasteiger partial charge in [-0.05, 0) is 7.05 Å². The van der Waals surface area contributed by atoms with Gasteiger partial charge >= 0.3 is 0 Å². The lowest BCUT2D eigenvalue weighted by Gasteiger charge is -2.30. The monoisotopic (exact) mass is 206 g/mol. The summed E-state index contributed by atoms with van der Waals surface area (Å²) in [5.74, 6) is -0.392. The number of nitrogens with zero attached hydrogens (tertiary/aromatic N) is 2. The molecule has 0 amide bonds. The fourth-order valence-electron chi connectivity index (χ4n) is 1.26. The SMILES string of the molecule is CN1CCN(S(=O)(=O)CC=O)CC1. The first kappa shape index (κ1) is 10.6. The molecule has 1 saturated heterocycles. The quantitative estimate of drug-likeness (QED) is 0.542. The third kappa shape index (κ3) is 2.75. The van der Waals surface area contributed by atoms with Crippen LogP contribution in [0.3, 0.4) is 0 Å². The van der Waals surface area contributed by atoms with Crippen LogP contribution in [0.25, 0.3) is 0 Å². The van der Waals surface area contributed by atoms with Gasteiger partial charge in [-0.1, -0.05) is 0 Å². The normalized spacial score (nSPS) is 21.6. The molecule has 1 aliphatic heterocycles. The van der Waals surface area contributed by atoms with E-state index in [9.17, 15) is 13.2 Å². The molecule has 13 heavy (non-hydrogen) atoms. The minimum atomic E-state index is -3.32. The second-order valence-electron chi connectivity index (χ2n) is 3.15. The molecule has 6 heteroatoms. The number of piperazine rings is 1. The molecule has 0 aromatic rings. The Morgan fingerprint density at radius 1 is 1.23 bits per heavy atom. The highest BCUT2D eigenvalue weighted by molar-refractivity contribution is 7.89. The zero-order valence-corrected chi connectivity index (χ0v) is 8.46. The van der Waals surface area contributed by atoms with Crippen molar-refractivity contribution in [1.29, 1.82) is 0 Å². The molecule has 0 atom stereocenters. The van der Waals surface area contributed by atoms with Crippen LogP contribution in [0, 0.1) is 0 Å². The van der Waals surface area contributed by atoms with Crippen LogP contribution < -0.4 is 0 Å². The largest absolute Gasteiger partial charge is 0.304 e. The van der Waals surface area contributed by atoms with Gasteiger partial charge in [-0.2, -0.15) is 4.31 Å². The highest BCUT2D eigenvalue weighted by atomic mass is 32.2. The van der Waals surface area contributed by atoms with Crippen molar-refractivity contribution in [3.05, 3.63) is 0 Å². The van der Waals surface area contributed by atoms with E-state index in [1.54, 1.807) is 0 Å². The molecular weight excluding hydrogens is 192 g/mol. The second kappa shape index (κ2) is 4.17. The van der Waals surface area contributed by atoms with Gasteiger partial charge in [-0.3, -0.25) is 0 Å². The Bertz CT molecular complexity index is 267. The Hall–Kier alpha value is -0.460. The number of sulfonamides is 1. The number of hydrogen-bond acceptors (Lipinski definition) is 4. The van der Waals surface area contributed by atoms with E-state index in [1.165, 1.54) is 4.31 Å². The standard InChI is InChI=1S/C7H14N2O3S/c1-8-2-4-9(5-3-8)13(11,12)7-6-10/h6H,2-5,7H2,1H3. The third-order valence-corrected chi connectivity index (χ3v) is 3.84. The average Bonchev–Trinajstić information content (AvgIpc) is 2.05. The van der Waals surface area contributed by atoms with Gasteiger partial charge in [-0.25, -0.2) is 8.42 Å². The fraction of sp³-hybridized carbons (Fsp3) is 0.857. The number of aldehydes is 1. The molecule has 0 spiro atoms. The molecule has 0 aliphatic carbocycles. The van der Waals surface area contributed by atoms with Crippen LogP contribution in [-0.2, 0) is 14.8 Å². The Balaban J connectivity index is 2.58. The van der Waals surface area contributed by atoms with Crippen LogP contribution in [-0.4, -0.2) is 62.9 Å². The Morgan fingerprint density at radius 3 is 2.23 bits per heavy atom. The van der Waals surface area contributed by atoms with Crippen molar-refractivity contribution in [2.24, 2.45) is 0 Å². The molecule has 0 unspecified atom stereocenters. The maximum absolute atomic E-state index is 11.4. The Morgan fingerprint density at radius 2 is 1.77 bits per heavy atom. The summed E-state index contributed by atoms with van der Waals surface area (Å²) in [6.45, 7) is 2.45. The second-order valence-corrected chi connectivity index (χ2v) is 5.16. The Kier molecular flexibility index (Phi) is 3.40. The Labute approximate surface area is 78.4 Å². The third-order valence-electron chi connectivity index (χ3n) is 2.13. The zero-order chi connectivity index (χ0) is 9.90. The van der Waals surface area contributed by atoms with Crippen molar-refractivity contribution in [2.75, 3.05) is 39.0 Å². The van der Waals surface area contributed by atoms with Gasteiger partial charge in [-0.15, -0.1) is 0 Å². The number of likely N-dealkylation sites (N-methyl/N-ethyl adjacent to an activating group) is 1. The van der Waals surface area contributed by atoms with Crippen LogP contribution in [0.4, 0.5) is 0 Å². The lowest BCUT2D eigenvalue weighted by molar-refractivity contribution is -0.105. The molecule has 1 fully saturated rings. The smallest absolute Gasteiger partial charge is 0.221 e. The molecular formula is C7H14N2O3S. The van der Waals surface area contributed by atoms with Crippen molar-refractivity contribution in [1.82, 2.24) is 9.21 Å². The van der Waals surface area contributed by atoms with Gasteiger partial charge in [0.05, 0.1) is 0 Å². The summed E-state index contributed by atoms with van der Waals surface area (Å²) in [6.07, 6.45) is 0.438. The number of carbonyl (C=O) groups excluding carboxylic acids is 1. The highest BCUT2D eigenvalue weighted by Gasteiger charge is 2.24. The topological polar surface area (TPSA) is 57.7 Å². The first-order chi connectivity index (χ1) is 6.06. The van der Waals surface area contributed by atoms with Crippen LogP contribution in [0.5, 0.6) is 0 Å². The molecule has 0 saturated carbocycles. The van der Waals surface area contributed by atoms with E-state index in [0.717, 1.165) is 13.1 Å². The molecule has 0 radical (unpaired) electrons. The molecule has 5 nitrogen and oxygen atoms in total. The molecule has 0 aromatic heterocycles. The number of carbonyl (C=O) groups is 1. The van der Waals surface area contributed by atoms with E-state index in [0.29, 0.717) is 19.4 Å². The van der Waals surface area contributed by atoms with Crippen molar-refractivity contribution < 1.29 is 13.2 Å². The van der Waals surface area contributed by atoms with Gasteiger partial charge in [0.15, 0.2) is 0 Å². The van der Waals surface area contributed by atoms with E-state index in [4.69, 9.17) is 0 Å². The van der Waals surface area contributed by atoms with Crippen LogP contribution in [0.1, 0.15) is 0 Å². The van der Waals surface area contributed by atoms with E-state index in [1.807, 2.05) is 7.05 Å². The predicted octanol–water partition coefficient (Wildman–Crippen LogP) is -1.24. The van der Waals surface area contributed by atoms with Crippen LogP contribution in [0.15, 0.2) is 0 Å². The van der Waals surface area contributed by atoms with Gasteiger partial charge in [0.1, 0.15) is 12.0 Å². The molecule has 1 heterocycles. The molecule has 1 aliphatic rings. The maximum atomic E-state index is 11.4. The summed E-state index contributed by atoms with van der Waals surface area (Å²) in [7, 11) is -1.37. The van der Waals surface area contributed by atoms with Gasteiger partial charge < -0.3 is 9.69 Å². The highest BCUT2D eigenvalue weighted by Crippen LogP contribution is 2.05. The molecule has 1 rings (SSSR count). The molecule has 0 bridgehead atoms. The van der Waals surface area contributed by atoms with E-state index < -0.39 is 15.8 Å². The number of rotatable bonds is 3. The predicted molar refractivity (Wildman–Crippen MR) is 48.9 cm³/mol. The van der Waals surface area contributed by atoms with Gasteiger partial charge in [0, 0.05) is 26.2 Å². The first-order valence-electron chi connectivity index (χ1n) is 4.16. The summed E-state index contributed by atoms with van der Waals surface area (Å²) in [5.41, 5.74) is 0. The van der Waals surface area contributed by atoms with Gasteiger partial charge in [0.25, 0.3) is 0 Å². The van der Waals surface area contributed by atoms with Crippen molar-refractivity contribution in [3.63, 3.8) is 0 Å². The first-order valence-corrected chi connectivity index (χ1v) is 5.77. The van der Waals surface area contributed by atoms with Crippen LogP contribution >= 0.6 is 0 Å². The molecule has 0 N–H and O–H groups in total.